The lowest BCUT2D eigenvalue weighted by Gasteiger charge is -2.39. The minimum atomic E-state index is 0.146. The van der Waals surface area contributed by atoms with Crippen LogP contribution in [0.5, 0.6) is 0 Å². The van der Waals surface area contributed by atoms with Crippen LogP contribution in [-0.2, 0) is 0 Å². The van der Waals surface area contributed by atoms with E-state index in [1.165, 1.54) is 11.3 Å². The topological polar surface area (TPSA) is 42.2 Å². The van der Waals surface area contributed by atoms with Crippen LogP contribution in [0.2, 0.25) is 0 Å². The normalized spacial score (nSPS) is 25.5. The van der Waals surface area contributed by atoms with Gasteiger partial charge in [0.25, 0.3) is 0 Å². The van der Waals surface area contributed by atoms with Crippen molar-refractivity contribution in [1.82, 2.24) is 9.88 Å². The molecule has 0 saturated carbocycles. The summed E-state index contributed by atoms with van der Waals surface area (Å²) in [4.78, 5) is 6.60. The summed E-state index contributed by atoms with van der Waals surface area (Å²) in [5.74, 6) is 1.20. The first kappa shape index (κ1) is 12.9. The molecule has 94 valence electrons. The van der Waals surface area contributed by atoms with Gasteiger partial charge in [-0.15, -0.1) is 0 Å². The van der Waals surface area contributed by atoms with Crippen LogP contribution in [0.3, 0.4) is 0 Å². The molecule has 3 nitrogen and oxygen atoms in total. The van der Waals surface area contributed by atoms with Crippen molar-refractivity contribution in [2.24, 2.45) is 5.73 Å². The molecule has 1 aromatic rings. The third kappa shape index (κ3) is 3.21. The van der Waals surface area contributed by atoms with Crippen molar-refractivity contribution < 1.29 is 0 Å². The van der Waals surface area contributed by atoms with E-state index >= 15 is 0 Å². The lowest BCUT2D eigenvalue weighted by molar-refractivity contribution is 0.184. The van der Waals surface area contributed by atoms with E-state index in [1.54, 1.807) is 0 Å². The van der Waals surface area contributed by atoms with Gasteiger partial charge in [-0.05, 0) is 24.6 Å². The molecule has 1 aliphatic rings. The highest BCUT2D eigenvalue weighted by molar-refractivity contribution is 7.99. The molecule has 0 aliphatic carbocycles. The van der Waals surface area contributed by atoms with Crippen LogP contribution in [-0.4, -0.2) is 40.0 Å². The second kappa shape index (κ2) is 5.85. The number of nitrogens with zero attached hydrogens (tertiary/aromatic N) is 2. The van der Waals surface area contributed by atoms with Gasteiger partial charge in [-0.25, -0.2) is 0 Å². The van der Waals surface area contributed by atoms with Gasteiger partial charge in [-0.3, -0.25) is 9.88 Å². The van der Waals surface area contributed by atoms with E-state index in [-0.39, 0.29) is 6.04 Å². The predicted octanol–water partition coefficient (Wildman–Crippen LogP) is 1.91. The molecule has 17 heavy (non-hydrogen) atoms. The fraction of sp³-hybridized carbons (Fsp3) is 0.615. The number of hydrogen-bond donors (Lipinski definition) is 1. The SMILES string of the molecule is CC1CN(C(c2ccncc2)C(C)N)CCS1. The number of pyridine rings is 1. The molecule has 2 heterocycles. The molecule has 1 aliphatic heterocycles. The number of thioether (sulfide) groups is 1. The Labute approximate surface area is 108 Å². The van der Waals surface area contributed by atoms with Crippen LogP contribution < -0.4 is 5.73 Å². The monoisotopic (exact) mass is 251 g/mol. The third-order valence-corrected chi connectivity index (χ3v) is 4.35. The molecule has 1 aromatic heterocycles. The zero-order chi connectivity index (χ0) is 12.3. The molecule has 3 atom stereocenters. The maximum absolute atomic E-state index is 6.18. The average molecular weight is 251 g/mol. The van der Waals surface area contributed by atoms with E-state index in [9.17, 15) is 0 Å². The number of rotatable bonds is 3. The first-order chi connectivity index (χ1) is 8.18. The Kier molecular flexibility index (Phi) is 4.42. The highest BCUT2D eigenvalue weighted by Crippen LogP contribution is 2.28. The van der Waals surface area contributed by atoms with Gasteiger partial charge < -0.3 is 5.73 Å². The quantitative estimate of drug-likeness (QED) is 0.891. The molecule has 0 bridgehead atoms. The molecule has 2 N–H and O–H groups in total. The van der Waals surface area contributed by atoms with Crippen LogP contribution in [0, 0.1) is 0 Å². The van der Waals surface area contributed by atoms with Gasteiger partial charge in [0, 0.05) is 48.6 Å². The van der Waals surface area contributed by atoms with Gasteiger partial charge >= 0.3 is 0 Å². The van der Waals surface area contributed by atoms with Gasteiger partial charge in [0.15, 0.2) is 0 Å². The number of hydrogen-bond acceptors (Lipinski definition) is 4. The zero-order valence-electron chi connectivity index (χ0n) is 10.5. The first-order valence-electron chi connectivity index (χ1n) is 6.19. The molecule has 0 radical (unpaired) electrons. The maximum Gasteiger partial charge on any atom is 0.0498 e. The number of aromatic nitrogens is 1. The van der Waals surface area contributed by atoms with Gasteiger partial charge in [-0.2, -0.15) is 11.8 Å². The van der Waals surface area contributed by atoms with Crippen LogP contribution in [0.25, 0.3) is 0 Å². The van der Waals surface area contributed by atoms with Crippen molar-refractivity contribution >= 4 is 11.8 Å². The highest BCUT2D eigenvalue weighted by atomic mass is 32.2. The van der Waals surface area contributed by atoms with E-state index in [2.05, 4.69) is 47.6 Å². The molecule has 1 fully saturated rings. The van der Waals surface area contributed by atoms with Crippen molar-refractivity contribution in [1.29, 1.82) is 0 Å². The summed E-state index contributed by atoms with van der Waals surface area (Å²) in [6.45, 7) is 6.64. The lowest BCUT2D eigenvalue weighted by Crippen LogP contribution is -2.45. The summed E-state index contributed by atoms with van der Waals surface area (Å²) in [5, 5.41) is 0.701. The van der Waals surface area contributed by atoms with Crippen molar-refractivity contribution in [3.05, 3.63) is 30.1 Å². The molecule has 2 rings (SSSR count). The Balaban J connectivity index is 2.17. The second-order valence-corrected chi connectivity index (χ2v) is 6.31. The molecule has 0 spiro atoms. The molecular weight excluding hydrogens is 230 g/mol. The summed E-state index contributed by atoms with van der Waals surface area (Å²) in [7, 11) is 0. The van der Waals surface area contributed by atoms with Crippen LogP contribution in [0.15, 0.2) is 24.5 Å². The standard InChI is InChI=1S/C13H21N3S/c1-10-9-16(7-8-17-10)13(11(2)14)12-3-5-15-6-4-12/h3-6,10-11,13H,7-9,14H2,1-2H3. The molecule has 4 heteroatoms. The van der Waals surface area contributed by atoms with Gasteiger partial charge in [0.1, 0.15) is 0 Å². The van der Waals surface area contributed by atoms with Crippen LogP contribution >= 0.6 is 11.8 Å². The van der Waals surface area contributed by atoms with Gasteiger partial charge in [0.2, 0.25) is 0 Å². The van der Waals surface area contributed by atoms with E-state index in [0.717, 1.165) is 13.1 Å². The third-order valence-electron chi connectivity index (χ3n) is 3.21. The van der Waals surface area contributed by atoms with Crippen LogP contribution in [0.4, 0.5) is 0 Å². The van der Waals surface area contributed by atoms with E-state index in [0.29, 0.717) is 11.3 Å². The predicted molar refractivity (Wildman–Crippen MR) is 74.1 cm³/mol. The molecule has 0 amide bonds. The van der Waals surface area contributed by atoms with E-state index in [4.69, 9.17) is 5.73 Å². The lowest BCUT2D eigenvalue weighted by atomic mass is 10.00. The summed E-state index contributed by atoms with van der Waals surface area (Å²) in [6, 6.07) is 4.63. The average Bonchev–Trinajstić information content (AvgIpc) is 2.30. The smallest absolute Gasteiger partial charge is 0.0498 e. The van der Waals surface area contributed by atoms with Gasteiger partial charge in [-0.1, -0.05) is 6.92 Å². The molecule has 0 aromatic carbocycles. The Morgan fingerprint density at radius 3 is 2.76 bits per heavy atom. The van der Waals surface area contributed by atoms with Crippen LogP contribution in [0.1, 0.15) is 25.5 Å². The van der Waals surface area contributed by atoms with Crippen molar-refractivity contribution in [2.45, 2.75) is 31.2 Å². The highest BCUT2D eigenvalue weighted by Gasteiger charge is 2.27. The van der Waals surface area contributed by atoms with Crippen molar-refractivity contribution in [3.63, 3.8) is 0 Å². The Hall–Kier alpha value is -0.580. The molecule has 3 unspecified atom stereocenters. The minimum absolute atomic E-state index is 0.146. The summed E-state index contributed by atoms with van der Waals surface area (Å²) in [6.07, 6.45) is 3.71. The Bertz CT molecular complexity index is 342. The summed E-state index contributed by atoms with van der Waals surface area (Å²) >= 11 is 2.05. The second-order valence-electron chi connectivity index (χ2n) is 4.76. The largest absolute Gasteiger partial charge is 0.326 e. The van der Waals surface area contributed by atoms with E-state index < -0.39 is 0 Å². The molecule has 1 saturated heterocycles. The fourth-order valence-corrected chi connectivity index (χ4v) is 3.54. The Morgan fingerprint density at radius 1 is 1.47 bits per heavy atom. The van der Waals surface area contributed by atoms with Crippen molar-refractivity contribution in [3.8, 4) is 0 Å². The number of nitrogens with two attached hydrogens (primary N) is 1. The Morgan fingerprint density at radius 2 is 2.18 bits per heavy atom. The summed E-state index contributed by atoms with van der Waals surface area (Å²) < 4.78 is 0. The van der Waals surface area contributed by atoms with Crippen molar-refractivity contribution in [2.75, 3.05) is 18.8 Å². The minimum Gasteiger partial charge on any atom is -0.326 e. The van der Waals surface area contributed by atoms with E-state index in [1.807, 2.05) is 12.4 Å². The summed E-state index contributed by atoms with van der Waals surface area (Å²) in [5.41, 5.74) is 7.46. The maximum atomic E-state index is 6.18. The van der Waals surface area contributed by atoms with Gasteiger partial charge in [0.05, 0.1) is 0 Å². The molecular formula is C13H21N3S. The first-order valence-corrected chi connectivity index (χ1v) is 7.24. The zero-order valence-corrected chi connectivity index (χ0v) is 11.4. The fourth-order valence-electron chi connectivity index (χ4n) is 2.51.